The molecule has 0 aliphatic rings. The summed E-state index contributed by atoms with van der Waals surface area (Å²) in [5.74, 6) is -1.14. The van der Waals surface area contributed by atoms with Crippen molar-refractivity contribution in [1.29, 1.82) is 0 Å². The van der Waals surface area contributed by atoms with Crippen LogP contribution in [0.5, 0.6) is 0 Å². The van der Waals surface area contributed by atoms with E-state index in [-0.39, 0.29) is 5.56 Å². The average Bonchev–Trinajstić information content (AvgIpc) is 2.72. The molecule has 0 radical (unpaired) electrons. The van der Waals surface area contributed by atoms with Gasteiger partial charge in [-0.2, -0.15) is 0 Å². The van der Waals surface area contributed by atoms with Crippen molar-refractivity contribution in [3.05, 3.63) is 88.9 Å². The second kappa shape index (κ2) is 10.3. The SMILES string of the molecule is Cc1cc(Cl)cc(NC(=O)COC(=O)c2ccc(NC(=O)Nc3ccccc3)cc2)c1. The lowest BCUT2D eigenvalue weighted by molar-refractivity contribution is -0.119. The number of hydrogen-bond donors (Lipinski definition) is 3. The second-order valence-corrected chi connectivity index (χ2v) is 7.10. The largest absolute Gasteiger partial charge is 0.452 e. The number of para-hydroxylation sites is 1. The van der Waals surface area contributed by atoms with Crippen LogP contribution in [0.4, 0.5) is 21.9 Å². The van der Waals surface area contributed by atoms with Crippen molar-refractivity contribution in [2.24, 2.45) is 0 Å². The third-order valence-electron chi connectivity index (χ3n) is 4.07. The van der Waals surface area contributed by atoms with E-state index >= 15 is 0 Å². The number of amides is 3. The predicted octanol–water partition coefficient (Wildman–Crippen LogP) is 5.09. The summed E-state index contributed by atoms with van der Waals surface area (Å²) in [6, 6.07) is 19.9. The van der Waals surface area contributed by atoms with Gasteiger partial charge in [-0.05, 0) is 67.1 Å². The fraction of sp³-hybridized carbons (Fsp3) is 0.0870. The van der Waals surface area contributed by atoms with Crippen molar-refractivity contribution in [3.63, 3.8) is 0 Å². The molecule has 0 aliphatic carbocycles. The highest BCUT2D eigenvalue weighted by atomic mass is 35.5. The molecule has 0 fully saturated rings. The first kappa shape index (κ1) is 21.9. The van der Waals surface area contributed by atoms with E-state index in [1.54, 1.807) is 42.5 Å². The number of hydrogen-bond acceptors (Lipinski definition) is 4. The van der Waals surface area contributed by atoms with Crippen molar-refractivity contribution in [3.8, 4) is 0 Å². The molecule has 3 amide bonds. The van der Waals surface area contributed by atoms with Crippen LogP contribution in [0, 0.1) is 6.92 Å². The van der Waals surface area contributed by atoms with Gasteiger partial charge in [0.2, 0.25) is 0 Å². The van der Waals surface area contributed by atoms with Gasteiger partial charge in [-0.25, -0.2) is 9.59 Å². The molecule has 3 aromatic carbocycles. The predicted molar refractivity (Wildman–Crippen MR) is 121 cm³/mol. The van der Waals surface area contributed by atoms with Crippen LogP contribution in [0.3, 0.4) is 0 Å². The number of carbonyl (C=O) groups is 3. The van der Waals surface area contributed by atoms with E-state index in [0.717, 1.165) is 5.56 Å². The van der Waals surface area contributed by atoms with Crippen LogP contribution in [0.15, 0.2) is 72.8 Å². The Bertz CT molecular complexity index is 1070. The Morgan fingerprint density at radius 2 is 1.45 bits per heavy atom. The number of halogens is 1. The van der Waals surface area contributed by atoms with E-state index in [9.17, 15) is 14.4 Å². The van der Waals surface area contributed by atoms with Crippen LogP contribution in [-0.4, -0.2) is 24.5 Å². The zero-order valence-electron chi connectivity index (χ0n) is 16.6. The maximum atomic E-state index is 12.2. The Kier molecular flexibility index (Phi) is 7.24. The number of benzene rings is 3. The molecule has 8 heteroatoms. The van der Waals surface area contributed by atoms with E-state index in [1.165, 1.54) is 12.1 Å². The van der Waals surface area contributed by atoms with Crippen molar-refractivity contribution in [1.82, 2.24) is 0 Å². The Balaban J connectivity index is 1.48. The zero-order valence-corrected chi connectivity index (χ0v) is 17.4. The fourth-order valence-corrected chi connectivity index (χ4v) is 3.01. The van der Waals surface area contributed by atoms with Crippen LogP contribution in [0.25, 0.3) is 0 Å². The minimum absolute atomic E-state index is 0.250. The van der Waals surface area contributed by atoms with Gasteiger partial charge in [-0.15, -0.1) is 0 Å². The summed E-state index contributed by atoms with van der Waals surface area (Å²) >= 11 is 5.96. The van der Waals surface area contributed by atoms with Crippen LogP contribution in [0.2, 0.25) is 5.02 Å². The summed E-state index contributed by atoms with van der Waals surface area (Å²) in [5.41, 5.74) is 2.83. The average molecular weight is 438 g/mol. The van der Waals surface area contributed by atoms with Gasteiger partial charge < -0.3 is 20.7 Å². The van der Waals surface area contributed by atoms with E-state index in [1.807, 2.05) is 25.1 Å². The molecular weight excluding hydrogens is 418 g/mol. The lowest BCUT2D eigenvalue weighted by Gasteiger charge is -2.09. The Morgan fingerprint density at radius 1 is 0.806 bits per heavy atom. The third kappa shape index (κ3) is 6.87. The summed E-state index contributed by atoms with van der Waals surface area (Å²) < 4.78 is 5.04. The number of rotatable bonds is 6. The fourth-order valence-electron chi connectivity index (χ4n) is 2.72. The monoisotopic (exact) mass is 437 g/mol. The van der Waals surface area contributed by atoms with Crippen molar-refractivity contribution in [2.75, 3.05) is 22.6 Å². The van der Waals surface area contributed by atoms with E-state index in [0.29, 0.717) is 22.1 Å². The first-order valence-electron chi connectivity index (χ1n) is 9.36. The van der Waals surface area contributed by atoms with Gasteiger partial charge in [-0.1, -0.05) is 29.8 Å². The summed E-state index contributed by atoms with van der Waals surface area (Å²) in [7, 11) is 0. The minimum atomic E-state index is -0.655. The third-order valence-corrected chi connectivity index (χ3v) is 4.29. The number of carbonyl (C=O) groups excluding carboxylic acids is 3. The second-order valence-electron chi connectivity index (χ2n) is 6.66. The van der Waals surface area contributed by atoms with Crippen LogP contribution in [-0.2, 0) is 9.53 Å². The molecule has 0 saturated heterocycles. The molecule has 0 atom stereocenters. The molecule has 158 valence electrons. The van der Waals surface area contributed by atoms with E-state index < -0.39 is 24.5 Å². The van der Waals surface area contributed by atoms with E-state index in [4.69, 9.17) is 16.3 Å². The first-order valence-corrected chi connectivity index (χ1v) is 9.74. The molecule has 0 aromatic heterocycles. The highest BCUT2D eigenvalue weighted by molar-refractivity contribution is 6.31. The number of aryl methyl sites for hydroxylation is 1. The number of urea groups is 1. The normalized spacial score (nSPS) is 10.1. The topological polar surface area (TPSA) is 96.5 Å². The molecule has 0 heterocycles. The lowest BCUT2D eigenvalue weighted by atomic mass is 10.2. The maximum absolute atomic E-state index is 12.2. The molecule has 31 heavy (non-hydrogen) atoms. The molecule has 7 nitrogen and oxygen atoms in total. The quantitative estimate of drug-likeness (QED) is 0.468. The van der Waals surface area contributed by atoms with Crippen LogP contribution in [0.1, 0.15) is 15.9 Å². The zero-order chi connectivity index (χ0) is 22.2. The molecule has 0 unspecified atom stereocenters. The summed E-state index contributed by atoms with van der Waals surface area (Å²) in [6.07, 6.45) is 0. The summed E-state index contributed by atoms with van der Waals surface area (Å²) in [6.45, 7) is 1.41. The minimum Gasteiger partial charge on any atom is -0.452 e. The van der Waals surface area contributed by atoms with Crippen LogP contribution >= 0.6 is 11.6 Å². The van der Waals surface area contributed by atoms with Crippen molar-refractivity contribution >= 4 is 46.6 Å². The number of ether oxygens (including phenoxy) is 1. The number of nitrogens with one attached hydrogen (secondary N) is 3. The van der Waals surface area contributed by atoms with Gasteiger partial charge in [0.15, 0.2) is 6.61 Å². The first-order chi connectivity index (χ1) is 14.9. The molecule has 3 N–H and O–H groups in total. The van der Waals surface area contributed by atoms with Gasteiger partial charge >= 0.3 is 12.0 Å². The smallest absolute Gasteiger partial charge is 0.338 e. The molecule has 3 aromatic rings. The lowest BCUT2D eigenvalue weighted by Crippen LogP contribution is -2.21. The Morgan fingerprint density at radius 3 is 2.10 bits per heavy atom. The maximum Gasteiger partial charge on any atom is 0.338 e. The standard InChI is InChI=1S/C23H20ClN3O4/c1-15-11-17(24)13-20(12-15)25-21(28)14-31-22(29)16-7-9-19(10-8-16)27-23(30)26-18-5-3-2-4-6-18/h2-13H,14H2,1H3,(H,25,28)(H2,26,27,30). The van der Waals surface area contributed by atoms with Gasteiger partial charge in [0.25, 0.3) is 5.91 Å². The van der Waals surface area contributed by atoms with Gasteiger partial charge in [0.1, 0.15) is 0 Å². The molecule has 0 bridgehead atoms. The van der Waals surface area contributed by atoms with Crippen molar-refractivity contribution in [2.45, 2.75) is 6.92 Å². The van der Waals surface area contributed by atoms with Crippen LogP contribution < -0.4 is 16.0 Å². The Labute approximate surface area is 184 Å². The molecule has 0 saturated carbocycles. The summed E-state index contributed by atoms with van der Waals surface area (Å²) in [5, 5.41) is 8.48. The Hall–Kier alpha value is -3.84. The van der Waals surface area contributed by atoms with Gasteiger partial charge in [0.05, 0.1) is 5.56 Å². The van der Waals surface area contributed by atoms with Crippen molar-refractivity contribution < 1.29 is 19.1 Å². The number of esters is 1. The number of anilines is 3. The highest BCUT2D eigenvalue weighted by Gasteiger charge is 2.11. The molecule has 3 rings (SSSR count). The molecular formula is C23H20ClN3O4. The highest BCUT2D eigenvalue weighted by Crippen LogP contribution is 2.18. The molecule has 0 aliphatic heterocycles. The summed E-state index contributed by atoms with van der Waals surface area (Å²) in [4.78, 5) is 36.2. The molecule has 0 spiro atoms. The van der Waals surface area contributed by atoms with Gasteiger partial charge in [-0.3, -0.25) is 4.79 Å². The van der Waals surface area contributed by atoms with Gasteiger partial charge in [0, 0.05) is 22.1 Å². The van der Waals surface area contributed by atoms with E-state index in [2.05, 4.69) is 16.0 Å².